The minimum Gasteiger partial charge on any atom is -0.507 e. The van der Waals surface area contributed by atoms with Gasteiger partial charge in [-0.05, 0) is 113 Å². The topological polar surface area (TPSA) is 82.4 Å². The number of benzene rings is 7. The molecule has 6 heteroatoms. The van der Waals surface area contributed by atoms with Gasteiger partial charge in [-0.2, -0.15) is 0 Å². The molecule has 1 fully saturated rings. The summed E-state index contributed by atoms with van der Waals surface area (Å²) in [6.45, 7) is 3.09. The number of phenolic OH excluding ortho intramolecular Hbond substituents is 1. The van der Waals surface area contributed by atoms with Gasteiger partial charge in [0.15, 0.2) is 0 Å². The van der Waals surface area contributed by atoms with Crippen molar-refractivity contribution in [3.8, 4) is 17.2 Å². The van der Waals surface area contributed by atoms with Crippen molar-refractivity contribution in [2.75, 3.05) is 20.8 Å². The molecule has 8 rings (SSSR count). The van der Waals surface area contributed by atoms with Crippen LogP contribution in [0.2, 0.25) is 0 Å². The third kappa shape index (κ3) is 6.16. The van der Waals surface area contributed by atoms with E-state index in [1.54, 1.807) is 14.2 Å². The third-order valence-corrected chi connectivity index (χ3v) is 11.3. The first-order valence-corrected chi connectivity index (χ1v) is 18.5. The van der Waals surface area contributed by atoms with Gasteiger partial charge in [-0.3, -0.25) is 4.90 Å². The number of fused-ring (bicyclic) bond motifs is 2. The molecular weight excluding hydrogens is 671 g/mol. The molecule has 1 aliphatic heterocycles. The summed E-state index contributed by atoms with van der Waals surface area (Å²) in [5, 5.41) is 42.8. The molecule has 0 unspecified atom stereocenters. The lowest BCUT2D eigenvalue weighted by Gasteiger charge is -2.40. The number of hydrogen-bond donors (Lipinski definition) is 3. The molecule has 1 saturated heterocycles. The van der Waals surface area contributed by atoms with Gasteiger partial charge in [-0.25, -0.2) is 0 Å². The van der Waals surface area contributed by atoms with Gasteiger partial charge >= 0.3 is 0 Å². The summed E-state index contributed by atoms with van der Waals surface area (Å²) < 4.78 is 10.9. The second kappa shape index (κ2) is 14.3. The predicted octanol–water partition coefficient (Wildman–Crippen LogP) is 9.21. The Labute approximate surface area is 316 Å². The highest BCUT2D eigenvalue weighted by molar-refractivity contribution is 5.85. The smallest absolute Gasteiger partial charge is 0.144 e. The molecule has 0 bridgehead atoms. The quantitative estimate of drug-likeness (QED) is 0.123. The first kappa shape index (κ1) is 35.4. The summed E-state index contributed by atoms with van der Waals surface area (Å²) in [4.78, 5) is 2.26. The molecule has 1 atom stereocenters. The molecule has 7 aromatic carbocycles. The van der Waals surface area contributed by atoms with E-state index >= 15 is 0 Å². The maximum atomic E-state index is 13.3. The van der Waals surface area contributed by atoms with Crippen molar-refractivity contribution in [3.63, 3.8) is 0 Å². The van der Waals surface area contributed by atoms with Crippen molar-refractivity contribution in [2.45, 2.75) is 43.6 Å². The average molecular weight is 716 g/mol. The van der Waals surface area contributed by atoms with Crippen LogP contribution in [0.4, 0.5) is 0 Å². The van der Waals surface area contributed by atoms with Gasteiger partial charge in [0.05, 0.1) is 14.2 Å². The molecule has 0 radical (unpaired) electrons. The summed E-state index contributed by atoms with van der Waals surface area (Å²) in [5.41, 5.74) is 1.77. The van der Waals surface area contributed by atoms with Crippen LogP contribution in [-0.2, 0) is 17.7 Å². The van der Waals surface area contributed by atoms with E-state index in [-0.39, 0.29) is 11.8 Å². The van der Waals surface area contributed by atoms with Crippen molar-refractivity contribution < 1.29 is 24.8 Å². The third-order valence-electron chi connectivity index (χ3n) is 11.3. The van der Waals surface area contributed by atoms with E-state index in [1.807, 2.05) is 140 Å². The molecule has 0 amide bonds. The van der Waals surface area contributed by atoms with Crippen LogP contribution in [-0.4, -0.2) is 47.0 Å². The Morgan fingerprint density at radius 3 is 1.59 bits per heavy atom. The molecule has 1 heterocycles. The number of rotatable bonds is 10. The fraction of sp³-hybridized carbons (Fsp3) is 0.208. The zero-order chi connectivity index (χ0) is 37.5. The van der Waals surface area contributed by atoms with Gasteiger partial charge in [-0.1, -0.05) is 109 Å². The lowest BCUT2D eigenvalue weighted by Crippen LogP contribution is -2.48. The maximum Gasteiger partial charge on any atom is 0.144 e. The van der Waals surface area contributed by atoms with Crippen molar-refractivity contribution in [1.29, 1.82) is 0 Å². The van der Waals surface area contributed by atoms with E-state index in [0.29, 0.717) is 40.3 Å². The number of aryl methyl sites for hydroxylation is 1. The second-order valence-electron chi connectivity index (χ2n) is 14.5. The zero-order valence-corrected chi connectivity index (χ0v) is 30.9. The normalized spacial score (nSPS) is 15.2. The minimum absolute atomic E-state index is 0.0347. The second-order valence-corrected chi connectivity index (χ2v) is 14.5. The summed E-state index contributed by atoms with van der Waals surface area (Å²) in [6.07, 6.45) is 1.61. The predicted molar refractivity (Wildman–Crippen MR) is 215 cm³/mol. The SMILES string of the molecule is COc1ccc(C(O)(c2ccc(OC)cc2)[C@@H]2CCCN2Cc2cc(C)cc(C(O)(c3ccc4ccccc4c3)c3ccc4ccccc4c3)c2O)cc1. The lowest BCUT2D eigenvalue weighted by molar-refractivity contribution is -0.00683. The van der Waals surface area contributed by atoms with Crippen molar-refractivity contribution in [2.24, 2.45) is 0 Å². The van der Waals surface area contributed by atoms with E-state index in [9.17, 15) is 15.3 Å². The molecule has 0 saturated carbocycles. The van der Waals surface area contributed by atoms with Crippen LogP contribution in [0, 0.1) is 6.92 Å². The first-order chi connectivity index (χ1) is 26.2. The van der Waals surface area contributed by atoms with Gasteiger partial charge in [0.2, 0.25) is 0 Å². The summed E-state index contributed by atoms with van der Waals surface area (Å²) in [7, 11) is 3.26. The largest absolute Gasteiger partial charge is 0.507 e. The number of hydrogen-bond acceptors (Lipinski definition) is 6. The summed E-state index contributed by atoms with van der Waals surface area (Å²) in [5.74, 6) is 1.45. The number of aliphatic hydroxyl groups is 2. The van der Waals surface area contributed by atoms with Crippen LogP contribution in [0.1, 0.15) is 51.8 Å². The summed E-state index contributed by atoms with van der Waals surface area (Å²) >= 11 is 0. The van der Waals surface area contributed by atoms with Gasteiger partial charge < -0.3 is 24.8 Å². The zero-order valence-electron chi connectivity index (χ0n) is 30.9. The number of aromatic hydroxyl groups is 1. The highest BCUT2D eigenvalue weighted by Crippen LogP contribution is 2.46. The molecule has 54 heavy (non-hydrogen) atoms. The van der Waals surface area contributed by atoms with E-state index < -0.39 is 11.2 Å². The van der Waals surface area contributed by atoms with Crippen LogP contribution in [0.5, 0.6) is 17.2 Å². The standard InChI is InChI=1S/C48H45NO5/c1-32-27-37(31-49-26-8-13-45(49)48(52,38-18-22-42(53-2)23-19-38)39-20-24-43(54-3)25-21-39)46(50)44(28-32)47(51,40-16-14-33-9-4-6-11-35(33)29-40)41-17-15-34-10-5-7-12-36(34)30-41/h4-7,9-12,14-25,27-30,45,50-52H,8,13,26,31H2,1-3H3/t45-/m0/s1. The van der Waals surface area contributed by atoms with Crippen LogP contribution in [0.15, 0.2) is 146 Å². The molecular formula is C48H45NO5. The molecule has 3 N–H and O–H groups in total. The number of ether oxygens (including phenoxy) is 2. The number of methoxy groups -OCH3 is 2. The van der Waals surface area contributed by atoms with E-state index in [4.69, 9.17) is 9.47 Å². The average Bonchev–Trinajstić information content (AvgIpc) is 3.69. The Balaban J connectivity index is 1.25. The van der Waals surface area contributed by atoms with E-state index in [2.05, 4.69) is 17.0 Å². The Bertz CT molecular complexity index is 2310. The first-order valence-electron chi connectivity index (χ1n) is 18.5. The fourth-order valence-electron chi connectivity index (χ4n) is 8.51. The Hall–Kier alpha value is -5.66. The molecule has 0 spiro atoms. The summed E-state index contributed by atoms with van der Waals surface area (Å²) in [6, 6.07) is 47.0. The molecule has 0 aliphatic carbocycles. The van der Waals surface area contributed by atoms with Crippen molar-refractivity contribution in [3.05, 3.63) is 185 Å². The Morgan fingerprint density at radius 2 is 1.09 bits per heavy atom. The van der Waals surface area contributed by atoms with E-state index in [1.165, 1.54) is 0 Å². The lowest BCUT2D eigenvalue weighted by atomic mass is 9.77. The van der Waals surface area contributed by atoms with Crippen LogP contribution >= 0.6 is 0 Å². The maximum absolute atomic E-state index is 13.3. The highest BCUT2D eigenvalue weighted by atomic mass is 16.5. The van der Waals surface area contributed by atoms with Crippen molar-refractivity contribution in [1.82, 2.24) is 4.90 Å². The molecule has 0 aromatic heterocycles. The van der Waals surface area contributed by atoms with Crippen LogP contribution < -0.4 is 9.47 Å². The Morgan fingerprint density at radius 1 is 0.611 bits per heavy atom. The molecule has 1 aliphatic rings. The molecule has 272 valence electrons. The Kier molecular flexibility index (Phi) is 9.36. The van der Waals surface area contributed by atoms with E-state index in [0.717, 1.165) is 57.6 Å². The van der Waals surface area contributed by atoms with Gasteiger partial charge in [-0.15, -0.1) is 0 Å². The molecule has 6 nitrogen and oxygen atoms in total. The monoisotopic (exact) mass is 715 g/mol. The minimum atomic E-state index is -1.68. The highest BCUT2D eigenvalue weighted by Gasteiger charge is 2.46. The fourth-order valence-corrected chi connectivity index (χ4v) is 8.51. The van der Waals surface area contributed by atoms with Gasteiger partial charge in [0, 0.05) is 23.7 Å². The number of likely N-dealkylation sites (tertiary alicyclic amines) is 1. The number of phenols is 1. The van der Waals surface area contributed by atoms with Crippen LogP contribution in [0.3, 0.4) is 0 Å². The molecule has 7 aromatic rings. The van der Waals surface area contributed by atoms with Crippen molar-refractivity contribution >= 4 is 21.5 Å². The number of nitrogens with zero attached hydrogens (tertiary/aromatic N) is 1. The van der Waals surface area contributed by atoms with Gasteiger partial charge in [0.1, 0.15) is 28.5 Å². The van der Waals surface area contributed by atoms with Gasteiger partial charge in [0.25, 0.3) is 0 Å². The van der Waals surface area contributed by atoms with Crippen LogP contribution in [0.25, 0.3) is 21.5 Å².